The highest BCUT2D eigenvalue weighted by Crippen LogP contribution is 2.21. The second-order valence-corrected chi connectivity index (χ2v) is 4.05. The maximum Gasteiger partial charge on any atom is 0.316 e. The fraction of sp³-hybridized carbons (Fsp3) is 0.417. The van der Waals surface area contributed by atoms with Gasteiger partial charge in [0.15, 0.2) is 0 Å². The molecule has 0 aliphatic heterocycles. The molecule has 0 aliphatic rings. The number of thioether (sulfide) groups is 1. The molecule has 16 heavy (non-hydrogen) atoms. The van der Waals surface area contributed by atoms with Crippen LogP contribution in [-0.4, -0.2) is 24.9 Å². The first-order chi connectivity index (χ1) is 7.76. The van der Waals surface area contributed by atoms with Crippen LogP contribution in [0.4, 0.5) is 0 Å². The van der Waals surface area contributed by atoms with Gasteiger partial charge in [-0.1, -0.05) is 0 Å². The average molecular weight is 240 g/mol. The van der Waals surface area contributed by atoms with Gasteiger partial charge in [-0.15, -0.1) is 11.8 Å². The first kappa shape index (κ1) is 12.9. The lowest BCUT2D eigenvalue weighted by atomic mass is 10.3. The van der Waals surface area contributed by atoms with Crippen molar-refractivity contribution in [2.75, 3.05) is 19.0 Å². The van der Waals surface area contributed by atoms with Crippen molar-refractivity contribution in [2.45, 2.75) is 18.7 Å². The Morgan fingerprint density at radius 3 is 2.44 bits per heavy atom. The molecule has 1 aromatic carbocycles. The van der Waals surface area contributed by atoms with Crippen molar-refractivity contribution in [3.63, 3.8) is 0 Å². The highest BCUT2D eigenvalue weighted by Gasteiger charge is 2.03. The van der Waals surface area contributed by atoms with Gasteiger partial charge in [-0.05, 0) is 38.1 Å². The molecule has 1 rings (SSSR count). The number of carbonyl (C=O) groups excluding carboxylic acids is 1. The number of esters is 1. The highest BCUT2D eigenvalue weighted by atomic mass is 32.2. The molecule has 88 valence electrons. The number of hydrogen-bond acceptors (Lipinski definition) is 4. The van der Waals surface area contributed by atoms with Gasteiger partial charge in [0.2, 0.25) is 0 Å². The van der Waals surface area contributed by atoms with E-state index in [9.17, 15) is 4.79 Å². The van der Waals surface area contributed by atoms with Crippen LogP contribution >= 0.6 is 11.8 Å². The molecule has 0 unspecified atom stereocenters. The molecule has 0 aromatic heterocycles. The number of rotatable bonds is 6. The van der Waals surface area contributed by atoms with Crippen molar-refractivity contribution >= 4 is 17.7 Å². The SMILES string of the molecule is CCOC(=O)CSc1ccc(OCC)cc1. The molecule has 0 N–H and O–H groups in total. The normalized spacial score (nSPS) is 9.88. The Hall–Kier alpha value is -1.16. The maximum atomic E-state index is 11.1. The summed E-state index contributed by atoms with van der Waals surface area (Å²) in [5, 5.41) is 0. The summed E-state index contributed by atoms with van der Waals surface area (Å²) < 4.78 is 10.2. The van der Waals surface area contributed by atoms with Crippen LogP contribution in [0.1, 0.15) is 13.8 Å². The predicted molar refractivity (Wildman–Crippen MR) is 65.0 cm³/mol. The molecule has 0 saturated carbocycles. The molecule has 0 atom stereocenters. The van der Waals surface area contributed by atoms with Crippen molar-refractivity contribution in [3.8, 4) is 5.75 Å². The van der Waals surface area contributed by atoms with Crippen molar-refractivity contribution < 1.29 is 14.3 Å². The van der Waals surface area contributed by atoms with Crippen LogP contribution in [0.5, 0.6) is 5.75 Å². The molecule has 0 fully saturated rings. The fourth-order valence-corrected chi connectivity index (χ4v) is 1.84. The Morgan fingerprint density at radius 2 is 1.88 bits per heavy atom. The topological polar surface area (TPSA) is 35.5 Å². The minimum atomic E-state index is -0.179. The molecule has 0 amide bonds. The molecule has 3 nitrogen and oxygen atoms in total. The molecule has 1 aromatic rings. The maximum absolute atomic E-state index is 11.1. The Balaban J connectivity index is 2.40. The molecule has 0 bridgehead atoms. The van der Waals surface area contributed by atoms with Gasteiger partial charge in [0.1, 0.15) is 5.75 Å². The highest BCUT2D eigenvalue weighted by molar-refractivity contribution is 8.00. The summed E-state index contributed by atoms with van der Waals surface area (Å²) >= 11 is 1.47. The van der Waals surface area contributed by atoms with Crippen LogP contribution < -0.4 is 4.74 Å². The van der Waals surface area contributed by atoms with E-state index in [1.54, 1.807) is 6.92 Å². The summed E-state index contributed by atoms with van der Waals surface area (Å²) in [6, 6.07) is 7.68. The van der Waals surface area contributed by atoms with Gasteiger partial charge in [-0.2, -0.15) is 0 Å². The number of ether oxygens (including phenoxy) is 2. The quantitative estimate of drug-likeness (QED) is 0.566. The minimum absolute atomic E-state index is 0.179. The van der Waals surface area contributed by atoms with Gasteiger partial charge in [-0.25, -0.2) is 0 Å². The molecule has 0 spiro atoms. The first-order valence-electron chi connectivity index (χ1n) is 5.27. The monoisotopic (exact) mass is 240 g/mol. The number of carbonyl (C=O) groups is 1. The van der Waals surface area contributed by atoms with E-state index in [0.717, 1.165) is 10.6 Å². The second kappa shape index (κ2) is 7.17. The molecule has 0 heterocycles. The number of benzene rings is 1. The summed E-state index contributed by atoms with van der Waals surface area (Å²) in [5.41, 5.74) is 0. The van der Waals surface area contributed by atoms with Gasteiger partial charge in [0, 0.05) is 4.90 Å². The third kappa shape index (κ3) is 4.57. The summed E-state index contributed by atoms with van der Waals surface area (Å²) in [6.07, 6.45) is 0. The van der Waals surface area contributed by atoms with Crippen LogP contribution in [-0.2, 0) is 9.53 Å². The Kier molecular flexibility index (Phi) is 5.78. The van der Waals surface area contributed by atoms with Crippen LogP contribution in [0.2, 0.25) is 0 Å². The van der Waals surface area contributed by atoms with E-state index >= 15 is 0 Å². The molecule has 0 aliphatic carbocycles. The van der Waals surface area contributed by atoms with Crippen molar-refractivity contribution in [2.24, 2.45) is 0 Å². The Morgan fingerprint density at radius 1 is 1.19 bits per heavy atom. The smallest absolute Gasteiger partial charge is 0.316 e. The van der Waals surface area contributed by atoms with E-state index in [4.69, 9.17) is 9.47 Å². The first-order valence-corrected chi connectivity index (χ1v) is 6.26. The zero-order chi connectivity index (χ0) is 11.8. The lowest BCUT2D eigenvalue weighted by Gasteiger charge is -2.04. The van der Waals surface area contributed by atoms with E-state index in [1.165, 1.54) is 11.8 Å². The summed E-state index contributed by atoms with van der Waals surface area (Å²) in [7, 11) is 0. The molecular weight excluding hydrogens is 224 g/mol. The van der Waals surface area contributed by atoms with E-state index in [0.29, 0.717) is 19.0 Å². The van der Waals surface area contributed by atoms with Crippen LogP contribution in [0.3, 0.4) is 0 Å². The van der Waals surface area contributed by atoms with Crippen LogP contribution in [0.15, 0.2) is 29.2 Å². The largest absolute Gasteiger partial charge is 0.494 e. The summed E-state index contributed by atoms with van der Waals surface area (Å²) in [6.45, 7) is 4.85. The Labute approximate surface area is 100 Å². The standard InChI is InChI=1S/C12H16O3S/c1-3-14-10-5-7-11(8-6-10)16-9-12(13)15-4-2/h5-8H,3-4,9H2,1-2H3. The fourth-order valence-electron chi connectivity index (χ4n) is 1.14. The van der Waals surface area contributed by atoms with E-state index < -0.39 is 0 Å². The van der Waals surface area contributed by atoms with Crippen LogP contribution in [0, 0.1) is 0 Å². The van der Waals surface area contributed by atoms with Gasteiger partial charge in [-0.3, -0.25) is 4.79 Å². The average Bonchev–Trinajstić information content (AvgIpc) is 2.29. The third-order valence-electron chi connectivity index (χ3n) is 1.80. The Bertz CT molecular complexity index is 322. The third-order valence-corrected chi connectivity index (χ3v) is 2.78. The summed E-state index contributed by atoms with van der Waals surface area (Å²) in [4.78, 5) is 12.2. The van der Waals surface area contributed by atoms with E-state index in [-0.39, 0.29) is 5.97 Å². The second-order valence-electron chi connectivity index (χ2n) is 3.00. The molecule has 4 heteroatoms. The molecule has 0 saturated heterocycles. The lowest BCUT2D eigenvalue weighted by molar-refractivity contribution is -0.139. The molecule has 0 radical (unpaired) electrons. The molecular formula is C12H16O3S. The van der Waals surface area contributed by atoms with E-state index in [2.05, 4.69) is 0 Å². The van der Waals surface area contributed by atoms with Crippen LogP contribution in [0.25, 0.3) is 0 Å². The predicted octanol–water partition coefficient (Wildman–Crippen LogP) is 2.74. The minimum Gasteiger partial charge on any atom is -0.494 e. The van der Waals surface area contributed by atoms with Crippen molar-refractivity contribution in [3.05, 3.63) is 24.3 Å². The number of hydrogen-bond donors (Lipinski definition) is 0. The van der Waals surface area contributed by atoms with Crippen molar-refractivity contribution in [1.29, 1.82) is 0 Å². The van der Waals surface area contributed by atoms with Gasteiger partial charge >= 0.3 is 5.97 Å². The summed E-state index contributed by atoms with van der Waals surface area (Å²) in [5.74, 6) is 1.02. The van der Waals surface area contributed by atoms with E-state index in [1.807, 2.05) is 31.2 Å². The van der Waals surface area contributed by atoms with Crippen molar-refractivity contribution in [1.82, 2.24) is 0 Å². The zero-order valence-corrected chi connectivity index (χ0v) is 10.4. The lowest BCUT2D eigenvalue weighted by Crippen LogP contribution is -2.06. The van der Waals surface area contributed by atoms with Gasteiger partial charge < -0.3 is 9.47 Å². The van der Waals surface area contributed by atoms with Gasteiger partial charge in [0.25, 0.3) is 0 Å². The zero-order valence-electron chi connectivity index (χ0n) is 9.56. The van der Waals surface area contributed by atoms with Gasteiger partial charge in [0.05, 0.1) is 19.0 Å².